The molecule has 0 saturated carbocycles. The van der Waals surface area contributed by atoms with Crippen molar-refractivity contribution in [3.8, 4) is 5.75 Å². The number of carbonyl (C=O) groups excluding carboxylic acids is 1. The van der Waals surface area contributed by atoms with Crippen molar-refractivity contribution in [1.82, 2.24) is 0 Å². The van der Waals surface area contributed by atoms with Gasteiger partial charge in [-0.2, -0.15) is 24.8 Å². The van der Waals surface area contributed by atoms with E-state index in [2.05, 4.69) is 50.7 Å². The number of rotatable bonds is 7. The minimum absolute atomic E-state index is 0. The van der Waals surface area contributed by atoms with Crippen molar-refractivity contribution >= 4 is 11.6 Å². The molecule has 164 valence electrons. The molecule has 0 bridgehead atoms. The molecule has 1 N–H and O–H groups in total. The van der Waals surface area contributed by atoms with Gasteiger partial charge in [0.15, 0.2) is 0 Å². The maximum atomic E-state index is 11.2. The van der Waals surface area contributed by atoms with Crippen molar-refractivity contribution in [2.24, 2.45) is 5.92 Å². The Morgan fingerprint density at radius 3 is 2.55 bits per heavy atom. The number of amides is 1. The van der Waals surface area contributed by atoms with E-state index in [1.165, 1.54) is 42.9 Å². The molecule has 1 unspecified atom stereocenters. The van der Waals surface area contributed by atoms with E-state index in [1.54, 1.807) is 7.11 Å². The first-order valence-corrected chi connectivity index (χ1v) is 10.9. The molecule has 0 saturated heterocycles. The summed E-state index contributed by atoms with van der Waals surface area (Å²) in [7, 11) is 1.71. The fraction of sp³-hybridized carbons (Fsp3) is 0.407. The van der Waals surface area contributed by atoms with E-state index in [0.717, 1.165) is 30.7 Å². The zero-order valence-corrected chi connectivity index (χ0v) is 22.9. The van der Waals surface area contributed by atoms with Gasteiger partial charge in [-0.25, -0.2) is 0 Å². The first-order valence-electron chi connectivity index (χ1n) is 10.9. The summed E-state index contributed by atoms with van der Waals surface area (Å²) >= 11 is 0. The van der Waals surface area contributed by atoms with Crippen LogP contribution in [0.15, 0.2) is 42.5 Å². The molecule has 4 heteroatoms. The first-order chi connectivity index (χ1) is 14.5. The van der Waals surface area contributed by atoms with Gasteiger partial charge in [0, 0.05) is 12.6 Å². The van der Waals surface area contributed by atoms with Crippen LogP contribution in [-0.2, 0) is 11.2 Å². The fourth-order valence-corrected chi connectivity index (χ4v) is 3.90. The van der Waals surface area contributed by atoms with E-state index in [-0.39, 0.29) is 57.3 Å². The summed E-state index contributed by atoms with van der Waals surface area (Å²) in [5, 5.41) is 2.89. The smallest absolute Gasteiger partial charge is 0.510 e. The molecule has 0 spiro atoms. The summed E-state index contributed by atoms with van der Waals surface area (Å²) in [6, 6.07) is 14.3. The van der Waals surface area contributed by atoms with Gasteiger partial charge >= 0.3 is 51.4 Å². The Hall–Kier alpha value is -0.784. The van der Waals surface area contributed by atoms with E-state index >= 15 is 0 Å². The predicted molar refractivity (Wildman–Crippen MR) is 127 cm³/mol. The summed E-state index contributed by atoms with van der Waals surface area (Å²) in [5.74, 6) is 1.89. The second kappa shape index (κ2) is 15.1. The van der Waals surface area contributed by atoms with Crippen molar-refractivity contribution in [3.05, 3.63) is 79.4 Å². The molecule has 0 radical (unpaired) electrons. The number of nitrogens with one attached hydrogen (secondary N) is 1. The molecule has 2 aromatic rings. The van der Waals surface area contributed by atoms with Crippen LogP contribution in [0.3, 0.4) is 0 Å². The molecule has 3 rings (SSSR count). The Morgan fingerprint density at radius 2 is 1.90 bits per heavy atom. The van der Waals surface area contributed by atoms with Gasteiger partial charge < -0.3 is 23.9 Å². The average Bonchev–Trinajstić information content (AvgIpc) is 2.77. The van der Waals surface area contributed by atoms with E-state index in [0.29, 0.717) is 11.8 Å². The Bertz CT molecular complexity index is 802. The Balaban J connectivity index is 0.000000321. The first kappa shape index (κ1) is 28.2. The predicted octanol–water partition coefficient (Wildman–Crippen LogP) is 3.79. The van der Waals surface area contributed by atoms with Crippen molar-refractivity contribution < 1.29 is 60.9 Å². The van der Waals surface area contributed by atoms with E-state index in [9.17, 15) is 4.79 Å². The van der Waals surface area contributed by atoms with Gasteiger partial charge in [0.05, 0.1) is 12.9 Å². The number of methoxy groups -OCH3 is 1. The standard InChI is InChI=1S/C16H23NO.C11H13O.K/c1-5-14(6-2)11-12(3)15-9-7-8-10-16(15)17-13(4)18;1-12-11-7-6-9-4-2-3-5-10(9)8-11;/h7-10,12,14H,1-2,5-6,11H2,3-4H3,(H,17,18);5-8H,2-4H2,1H3;/q-2;-1;+1. The summed E-state index contributed by atoms with van der Waals surface area (Å²) in [5.41, 5.74) is 4.94. The second-order valence-corrected chi connectivity index (χ2v) is 8.01. The third-order valence-corrected chi connectivity index (χ3v) is 5.67. The van der Waals surface area contributed by atoms with Gasteiger partial charge in [0.2, 0.25) is 5.91 Å². The summed E-state index contributed by atoms with van der Waals surface area (Å²) in [6.07, 6.45) is 8.90. The van der Waals surface area contributed by atoms with Crippen molar-refractivity contribution in [2.75, 3.05) is 12.4 Å². The van der Waals surface area contributed by atoms with Crippen molar-refractivity contribution in [3.63, 3.8) is 0 Å². The van der Waals surface area contributed by atoms with Crippen LogP contribution in [0, 0.1) is 26.2 Å². The molecule has 1 atom stereocenters. The Labute approximate surface area is 232 Å². The molecular formula is C27H36KNO2-2. The van der Waals surface area contributed by atoms with E-state index in [1.807, 2.05) is 24.3 Å². The molecule has 0 aliphatic heterocycles. The van der Waals surface area contributed by atoms with Gasteiger partial charge in [0.25, 0.3) is 0 Å². The van der Waals surface area contributed by atoms with Crippen LogP contribution >= 0.6 is 0 Å². The van der Waals surface area contributed by atoms with Gasteiger partial charge in [-0.3, -0.25) is 4.79 Å². The molecule has 2 aromatic carbocycles. The summed E-state index contributed by atoms with van der Waals surface area (Å²) < 4.78 is 5.16. The molecule has 1 amide bonds. The SMILES string of the molecule is COc1ccc2c(c1)[CH-]CCC2.[CH2-]CC(C[CH2-])CC(C)c1ccccc1NC(C)=O.[K+]. The number of para-hydroxylation sites is 1. The van der Waals surface area contributed by atoms with Crippen LogP contribution in [-0.4, -0.2) is 13.0 Å². The molecule has 3 nitrogen and oxygen atoms in total. The largest absolute Gasteiger partial charge is 1.00 e. The fourth-order valence-electron chi connectivity index (χ4n) is 3.90. The molecule has 0 aromatic heterocycles. The average molecular weight is 446 g/mol. The molecular weight excluding hydrogens is 409 g/mol. The molecule has 0 heterocycles. The summed E-state index contributed by atoms with van der Waals surface area (Å²) in [6.45, 7) is 11.7. The number of anilines is 1. The van der Waals surface area contributed by atoms with E-state index < -0.39 is 0 Å². The maximum Gasteiger partial charge on any atom is 1.00 e. The zero-order chi connectivity index (χ0) is 21.9. The van der Waals surface area contributed by atoms with E-state index in [4.69, 9.17) is 4.74 Å². The monoisotopic (exact) mass is 445 g/mol. The van der Waals surface area contributed by atoms with Crippen LogP contribution < -0.4 is 61.4 Å². The van der Waals surface area contributed by atoms with Crippen molar-refractivity contribution in [1.29, 1.82) is 0 Å². The second-order valence-electron chi connectivity index (χ2n) is 8.01. The van der Waals surface area contributed by atoms with Gasteiger partial charge in [-0.1, -0.05) is 50.3 Å². The van der Waals surface area contributed by atoms with Crippen molar-refractivity contribution in [2.45, 2.75) is 58.3 Å². The molecule has 1 aliphatic carbocycles. The topological polar surface area (TPSA) is 38.3 Å². The Morgan fingerprint density at radius 1 is 1.19 bits per heavy atom. The van der Waals surface area contributed by atoms with Crippen LogP contribution in [0.5, 0.6) is 5.75 Å². The molecule has 31 heavy (non-hydrogen) atoms. The number of aryl methyl sites for hydroxylation is 1. The number of hydrogen-bond acceptors (Lipinski definition) is 2. The van der Waals surface area contributed by atoms with Crippen LogP contribution in [0.25, 0.3) is 0 Å². The van der Waals surface area contributed by atoms with Crippen LogP contribution in [0.2, 0.25) is 0 Å². The van der Waals surface area contributed by atoms with Gasteiger partial charge in [0.1, 0.15) is 0 Å². The van der Waals surface area contributed by atoms with Crippen LogP contribution in [0.4, 0.5) is 5.69 Å². The summed E-state index contributed by atoms with van der Waals surface area (Å²) in [4.78, 5) is 11.2. The Kier molecular flexibility index (Phi) is 13.8. The number of ether oxygens (including phenoxy) is 1. The number of hydrogen-bond donors (Lipinski definition) is 1. The maximum absolute atomic E-state index is 11.2. The minimum Gasteiger partial charge on any atom is -0.510 e. The molecule has 1 aliphatic rings. The minimum atomic E-state index is -0.0273. The third kappa shape index (κ3) is 9.31. The number of fused-ring (bicyclic) bond motifs is 1. The third-order valence-electron chi connectivity index (χ3n) is 5.67. The van der Waals surface area contributed by atoms with Crippen LogP contribution in [0.1, 0.15) is 68.6 Å². The van der Waals surface area contributed by atoms with Gasteiger partial charge in [-0.15, -0.1) is 17.7 Å². The molecule has 0 fully saturated rings. The normalized spacial score (nSPS) is 13.0. The zero-order valence-electron chi connectivity index (χ0n) is 19.7. The number of benzene rings is 2. The number of carbonyl (C=O) groups is 1. The quantitative estimate of drug-likeness (QED) is 0.520. The van der Waals surface area contributed by atoms with Gasteiger partial charge in [-0.05, 0) is 30.0 Å².